The predicted molar refractivity (Wildman–Crippen MR) is 120 cm³/mol. The minimum atomic E-state index is -1.78. The minimum Gasteiger partial charge on any atom is -0.440 e. The van der Waals surface area contributed by atoms with E-state index in [0.29, 0.717) is 0 Å². The zero-order valence-corrected chi connectivity index (χ0v) is 17.2. The first-order valence-electron chi connectivity index (χ1n) is 9.42. The number of anilines is 1. The fourth-order valence-corrected chi connectivity index (χ4v) is 2.81. The van der Waals surface area contributed by atoms with Crippen LogP contribution in [-0.2, 0) is 11.9 Å². The van der Waals surface area contributed by atoms with E-state index in [1.807, 2.05) is 13.8 Å². The number of nitrogens with zero attached hydrogens (tertiary/aromatic N) is 1. The van der Waals surface area contributed by atoms with Crippen molar-refractivity contribution in [1.29, 1.82) is 10.8 Å². The maximum Gasteiger partial charge on any atom is 0.414 e. The molecule has 0 fully saturated rings. The number of hydrogen-bond acceptors (Lipinski definition) is 6. The summed E-state index contributed by atoms with van der Waals surface area (Å²) >= 11 is 0. The molecule has 10 heteroatoms. The number of carbonyl (C=O) groups is 1. The molecule has 1 heterocycles. The van der Waals surface area contributed by atoms with Gasteiger partial charge in [0.05, 0.1) is 27.9 Å². The Hall–Kier alpha value is -3.55. The van der Waals surface area contributed by atoms with E-state index in [0.717, 1.165) is 11.1 Å². The van der Waals surface area contributed by atoms with Crippen molar-refractivity contribution >= 4 is 39.6 Å². The van der Waals surface area contributed by atoms with E-state index in [2.05, 4.69) is 0 Å². The number of allylic oxidation sites excluding steroid dienone is 1. The average molecular weight is 418 g/mol. The van der Waals surface area contributed by atoms with Crippen LogP contribution in [0.4, 0.5) is 14.9 Å². The van der Waals surface area contributed by atoms with Crippen molar-refractivity contribution in [3.8, 4) is 11.5 Å². The molecular weight excluding hydrogens is 397 g/mol. The molecule has 1 amide bonds. The molecule has 4 N–H and O–H groups in total. The quantitative estimate of drug-likeness (QED) is 0.299. The lowest BCUT2D eigenvalue weighted by atomic mass is 9.56. The van der Waals surface area contributed by atoms with Crippen molar-refractivity contribution in [2.24, 2.45) is 0 Å². The first-order valence-corrected chi connectivity index (χ1v) is 9.42. The van der Waals surface area contributed by atoms with Gasteiger partial charge in [-0.15, -0.1) is 0 Å². The molecule has 0 aliphatic carbocycles. The van der Waals surface area contributed by atoms with Crippen molar-refractivity contribution in [2.45, 2.75) is 25.7 Å². The summed E-state index contributed by atoms with van der Waals surface area (Å²) in [6, 6.07) is 8.78. The molecule has 0 aromatic heterocycles. The Morgan fingerprint density at radius 2 is 2.03 bits per heavy atom. The van der Waals surface area contributed by atoms with E-state index in [4.69, 9.17) is 41.7 Å². The fourth-order valence-electron chi connectivity index (χ4n) is 2.81. The van der Waals surface area contributed by atoms with Gasteiger partial charge < -0.3 is 25.5 Å². The highest BCUT2D eigenvalue weighted by Crippen LogP contribution is 2.39. The first-order chi connectivity index (χ1) is 14.7. The van der Waals surface area contributed by atoms with Crippen LogP contribution >= 0.6 is 0 Å². The number of carbonyl (C=O) groups excluding carboxylic acids is 1. The number of nitrogens with two attached hydrogens (primary N) is 1. The normalized spacial score (nSPS) is 14.2. The summed E-state index contributed by atoms with van der Waals surface area (Å²) in [4.78, 5) is 13.5. The summed E-state index contributed by atoms with van der Waals surface area (Å²) in [5.74, 6) is -0.615. The zero-order valence-electron chi connectivity index (χ0n) is 17.2. The number of nitrogens with one attached hydrogen (secondary N) is 2. The van der Waals surface area contributed by atoms with E-state index < -0.39 is 17.2 Å². The third-order valence-electron chi connectivity index (χ3n) is 4.26. The Morgan fingerprint density at radius 1 is 1.32 bits per heavy atom. The molecule has 3 rings (SSSR count). The smallest absolute Gasteiger partial charge is 0.414 e. The summed E-state index contributed by atoms with van der Waals surface area (Å²) in [7, 11) is 12.4. The fraction of sp³-hybridized carbons (Fsp3) is 0.190. The molecule has 1 aliphatic rings. The number of halogens is 1. The van der Waals surface area contributed by atoms with Gasteiger partial charge in [0.1, 0.15) is 11.5 Å². The van der Waals surface area contributed by atoms with Crippen LogP contribution in [0.2, 0.25) is 0 Å². The summed E-state index contributed by atoms with van der Waals surface area (Å²) < 4.78 is 24.8. The highest BCUT2D eigenvalue weighted by atomic mass is 19.1. The molecule has 0 unspecified atom stereocenters. The van der Waals surface area contributed by atoms with Gasteiger partial charge in [0.25, 0.3) is 0 Å². The topological polar surface area (TPSA) is 112 Å². The first kappa shape index (κ1) is 23.7. The van der Waals surface area contributed by atoms with Gasteiger partial charge in [-0.25, -0.2) is 9.18 Å². The number of nitrogen functional groups attached to an aromatic ring is 1. The lowest BCUT2D eigenvalue weighted by molar-refractivity contribution is 0.120. The maximum atomic E-state index is 14.3. The Kier molecular flexibility index (Phi) is 7.63. The third-order valence-corrected chi connectivity index (χ3v) is 4.26. The molecule has 0 saturated heterocycles. The molecule has 1 aliphatic heterocycles. The van der Waals surface area contributed by atoms with Gasteiger partial charge in [-0.05, 0) is 23.5 Å². The molecule has 2 aromatic carbocycles. The van der Waals surface area contributed by atoms with Gasteiger partial charge in [-0.2, -0.15) is 0 Å². The molecule has 0 spiro atoms. The van der Waals surface area contributed by atoms with E-state index in [9.17, 15) is 9.18 Å². The Labute approximate surface area is 182 Å². The minimum absolute atomic E-state index is 0.0608. The van der Waals surface area contributed by atoms with Gasteiger partial charge in [0.2, 0.25) is 5.90 Å². The number of rotatable bonds is 5. The standard InChI is InChI=1S/C19H15B2FN4O3.C2H6/c20-19(21)13-7-6-12(28-16(25)5-2-8-23)9-15(13)29-18(27)26(19)10-11-3-1-4-14(24)17(11)22;1-2/h1-9,23,25H,10,24H2;1-2H3/b5-2-,23-8?,25-16?;. The van der Waals surface area contributed by atoms with Crippen LogP contribution in [0.3, 0.4) is 0 Å². The molecule has 0 atom stereocenters. The average Bonchev–Trinajstić information content (AvgIpc) is 2.73. The van der Waals surface area contributed by atoms with Crippen LogP contribution in [0.15, 0.2) is 48.6 Å². The lowest BCUT2D eigenvalue weighted by Crippen LogP contribution is -2.54. The second-order valence-electron chi connectivity index (χ2n) is 6.25. The summed E-state index contributed by atoms with van der Waals surface area (Å²) in [6.07, 6.45) is 2.72. The van der Waals surface area contributed by atoms with Gasteiger partial charge >= 0.3 is 6.09 Å². The Balaban J connectivity index is 0.00000166. The summed E-state index contributed by atoms with van der Waals surface area (Å²) in [5.41, 5.74) is 5.92. The summed E-state index contributed by atoms with van der Waals surface area (Å²) in [5, 5.41) is 12.8. The van der Waals surface area contributed by atoms with E-state index in [-0.39, 0.29) is 40.8 Å². The van der Waals surface area contributed by atoms with Crippen LogP contribution in [-0.4, -0.2) is 38.8 Å². The molecule has 156 valence electrons. The number of ether oxygens (including phenoxy) is 2. The van der Waals surface area contributed by atoms with Crippen molar-refractivity contribution in [2.75, 3.05) is 5.73 Å². The lowest BCUT2D eigenvalue weighted by Gasteiger charge is -2.43. The zero-order chi connectivity index (χ0) is 23.2. The summed E-state index contributed by atoms with van der Waals surface area (Å²) in [6.45, 7) is 3.75. The number of hydrogen-bond donors (Lipinski definition) is 3. The second-order valence-corrected chi connectivity index (χ2v) is 6.25. The highest BCUT2D eigenvalue weighted by molar-refractivity contribution is 6.41. The van der Waals surface area contributed by atoms with Gasteiger partial charge in [0, 0.05) is 29.5 Å². The predicted octanol–water partition coefficient (Wildman–Crippen LogP) is 3.46. The van der Waals surface area contributed by atoms with Crippen LogP contribution in [0.5, 0.6) is 11.5 Å². The van der Waals surface area contributed by atoms with Gasteiger partial charge in [-0.3, -0.25) is 5.41 Å². The largest absolute Gasteiger partial charge is 0.440 e. The molecule has 4 radical (unpaired) electrons. The molecule has 0 bridgehead atoms. The Morgan fingerprint density at radius 3 is 2.71 bits per heavy atom. The molecule has 2 aromatic rings. The maximum absolute atomic E-state index is 14.3. The van der Waals surface area contributed by atoms with E-state index in [1.165, 1.54) is 42.5 Å². The van der Waals surface area contributed by atoms with E-state index >= 15 is 0 Å². The highest BCUT2D eigenvalue weighted by Gasteiger charge is 2.40. The van der Waals surface area contributed by atoms with E-state index in [1.54, 1.807) is 6.07 Å². The number of benzene rings is 2. The van der Waals surface area contributed by atoms with Crippen LogP contribution < -0.4 is 15.2 Å². The van der Waals surface area contributed by atoms with Crippen LogP contribution in [0.1, 0.15) is 25.0 Å². The van der Waals surface area contributed by atoms with Crippen LogP contribution in [0, 0.1) is 16.6 Å². The molecular formula is C21H21B2FN4O3. The SMILES string of the molecule is CC.[B]C1([B])c2ccc(OC(=N)/C=C\C=N)cc2OC(=O)N1Cc1cccc(N)c1F. The van der Waals surface area contributed by atoms with Gasteiger partial charge in [-0.1, -0.05) is 32.0 Å². The number of amides is 1. The van der Waals surface area contributed by atoms with Crippen LogP contribution in [0.25, 0.3) is 0 Å². The van der Waals surface area contributed by atoms with Crippen molar-refractivity contribution in [3.63, 3.8) is 0 Å². The number of fused-ring (bicyclic) bond motifs is 1. The van der Waals surface area contributed by atoms with Gasteiger partial charge in [0.15, 0.2) is 5.82 Å². The second kappa shape index (κ2) is 9.97. The molecule has 0 saturated carbocycles. The van der Waals surface area contributed by atoms with Crippen molar-refractivity contribution in [3.05, 3.63) is 65.5 Å². The molecule has 7 nitrogen and oxygen atoms in total. The van der Waals surface area contributed by atoms with Crippen molar-refractivity contribution < 1.29 is 18.7 Å². The Bertz CT molecular complexity index is 1030. The van der Waals surface area contributed by atoms with Crippen molar-refractivity contribution in [1.82, 2.24) is 4.90 Å². The third kappa shape index (κ3) is 5.14. The molecule has 31 heavy (non-hydrogen) atoms. The monoisotopic (exact) mass is 418 g/mol.